The Bertz CT molecular complexity index is 615. The van der Waals surface area contributed by atoms with E-state index in [0.717, 1.165) is 0 Å². The molecule has 8 heteroatoms. The summed E-state index contributed by atoms with van der Waals surface area (Å²) in [6.07, 6.45) is 0. The van der Waals surface area contributed by atoms with Crippen LogP contribution in [0.4, 0.5) is 0 Å². The normalized spacial score (nSPS) is 11.5. The first kappa shape index (κ1) is 18.4. The molecular formula is C14H23N3O4S. The zero-order chi connectivity index (χ0) is 16.8. The fourth-order valence-corrected chi connectivity index (χ4v) is 2.81. The topological polar surface area (TPSA) is 87.7 Å². The number of methoxy groups -OCH3 is 1. The van der Waals surface area contributed by atoms with Gasteiger partial charge in [-0.3, -0.25) is 4.79 Å². The lowest BCUT2D eigenvalue weighted by Gasteiger charge is -2.11. The molecular weight excluding hydrogens is 306 g/mol. The van der Waals surface area contributed by atoms with E-state index in [1.54, 1.807) is 13.0 Å². The number of carbonyl (C=O) groups excluding carboxylic acids is 1. The molecule has 0 saturated carbocycles. The number of rotatable bonds is 8. The summed E-state index contributed by atoms with van der Waals surface area (Å²) < 4.78 is 31.6. The van der Waals surface area contributed by atoms with Gasteiger partial charge in [0.05, 0.1) is 18.6 Å². The summed E-state index contributed by atoms with van der Waals surface area (Å²) in [5, 5.41) is 2.64. The van der Waals surface area contributed by atoms with Gasteiger partial charge in [-0.2, -0.15) is 0 Å². The molecule has 0 fully saturated rings. The first-order valence-corrected chi connectivity index (χ1v) is 8.30. The lowest BCUT2D eigenvalue weighted by Crippen LogP contribution is -2.39. The summed E-state index contributed by atoms with van der Waals surface area (Å²) >= 11 is 0. The van der Waals surface area contributed by atoms with E-state index < -0.39 is 10.0 Å². The summed E-state index contributed by atoms with van der Waals surface area (Å²) in [7, 11) is 1.58. The summed E-state index contributed by atoms with van der Waals surface area (Å²) in [4.78, 5) is 13.6. The van der Waals surface area contributed by atoms with Crippen molar-refractivity contribution in [3.05, 3.63) is 23.8 Å². The molecule has 0 aliphatic rings. The monoisotopic (exact) mass is 329 g/mol. The molecule has 1 aromatic carbocycles. The van der Waals surface area contributed by atoms with E-state index in [2.05, 4.69) is 10.0 Å². The Hall–Kier alpha value is -1.64. The highest BCUT2D eigenvalue weighted by Crippen LogP contribution is 2.20. The third-order valence-electron chi connectivity index (χ3n) is 2.98. The van der Waals surface area contributed by atoms with Gasteiger partial charge in [0.2, 0.25) is 15.9 Å². The van der Waals surface area contributed by atoms with E-state index in [1.165, 1.54) is 19.2 Å². The molecule has 0 unspecified atom stereocenters. The second-order valence-electron chi connectivity index (χ2n) is 5.11. The van der Waals surface area contributed by atoms with E-state index in [-0.39, 0.29) is 17.3 Å². The molecule has 1 aromatic rings. The molecule has 1 amide bonds. The third kappa shape index (κ3) is 5.63. The number of carbonyl (C=O) groups is 1. The maximum atomic E-state index is 12.1. The van der Waals surface area contributed by atoms with E-state index >= 15 is 0 Å². The van der Waals surface area contributed by atoms with Gasteiger partial charge in [-0.1, -0.05) is 0 Å². The van der Waals surface area contributed by atoms with Gasteiger partial charge in [0.15, 0.2) is 0 Å². The molecule has 22 heavy (non-hydrogen) atoms. The predicted octanol–water partition coefficient (Wildman–Crippen LogP) is -0.0403. The molecule has 0 saturated heterocycles. The number of nitrogens with zero attached hydrogens (tertiary/aromatic N) is 1. The van der Waals surface area contributed by atoms with Crippen molar-refractivity contribution in [2.24, 2.45) is 0 Å². The average molecular weight is 329 g/mol. The molecule has 0 aliphatic carbocycles. The van der Waals surface area contributed by atoms with Crippen molar-refractivity contribution in [1.29, 1.82) is 0 Å². The van der Waals surface area contributed by atoms with Gasteiger partial charge in [-0.25, -0.2) is 13.1 Å². The number of likely N-dealkylation sites (N-methyl/N-ethyl adjacent to an activating group) is 1. The Morgan fingerprint density at radius 1 is 1.32 bits per heavy atom. The van der Waals surface area contributed by atoms with Gasteiger partial charge in [0, 0.05) is 13.1 Å². The van der Waals surface area contributed by atoms with Crippen LogP contribution in [-0.2, 0) is 14.8 Å². The Kier molecular flexibility index (Phi) is 6.79. The number of benzene rings is 1. The molecule has 1 rings (SSSR count). The Balaban J connectivity index is 2.60. The zero-order valence-corrected chi connectivity index (χ0v) is 14.2. The minimum Gasteiger partial charge on any atom is -0.496 e. The molecule has 0 atom stereocenters. The second kappa shape index (κ2) is 8.11. The van der Waals surface area contributed by atoms with Gasteiger partial charge in [-0.15, -0.1) is 0 Å². The van der Waals surface area contributed by atoms with Crippen LogP contribution in [0.15, 0.2) is 23.1 Å². The number of nitrogens with one attached hydrogen (secondary N) is 2. The van der Waals surface area contributed by atoms with E-state index in [9.17, 15) is 13.2 Å². The second-order valence-corrected chi connectivity index (χ2v) is 6.88. The minimum absolute atomic E-state index is 0.104. The van der Waals surface area contributed by atoms with Crippen molar-refractivity contribution in [1.82, 2.24) is 14.9 Å². The van der Waals surface area contributed by atoms with Gasteiger partial charge >= 0.3 is 0 Å². The van der Waals surface area contributed by atoms with Crippen molar-refractivity contribution >= 4 is 15.9 Å². The van der Waals surface area contributed by atoms with Gasteiger partial charge in [0.1, 0.15) is 5.75 Å². The van der Waals surface area contributed by atoms with Crippen molar-refractivity contribution in [3.8, 4) is 5.75 Å². The van der Waals surface area contributed by atoms with Gasteiger partial charge < -0.3 is 15.0 Å². The SMILES string of the molecule is COc1ccc(S(=O)(=O)NCC(=O)NCCN(C)C)cc1C. The Morgan fingerprint density at radius 3 is 2.55 bits per heavy atom. The zero-order valence-electron chi connectivity index (χ0n) is 13.3. The quantitative estimate of drug-likeness (QED) is 0.699. The van der Waals surface area contributed by atoms with Crippen molar-refractivity contribution < 1.29 is 17.9 Å². The number of ether oxygens (including phenoxy) is 1. The number of amides is 1. The smallest absolute Gasteiger partial charge is 0.241 e. The number of sulfonamides is 1. The summed E-state index contributed by atoms with van der Waals surface area (Å²) in [5.74, 6) is 0.246. The van der Waals surface area contributed by atoms with Crippen LogP contribution in [-0.4, -0.2) is 60.1 Å². The molecule has 2 N–H and O–H groups in total. The molecule has 0 heterocycles. The van der Waals surface area contributed by atoms with Gasteiger partial charge in [0.25, 0.3) is 0 Å². The van der Waals surface area contributed by atoms with E-state index in [4.69, 9.17) is 4.74 Å². The predicted molar refractivity (Wildman–Crippen MR) is 84.5 cm³/mol. The summed E-state index contributed by atoms with van der Waals surface area (Å²) in [6.45, 7) is 2.62. The van der Waals surface area contributed by atoms with Crippen molar-refractivity contribution in [2.75, 3.05) is 40.8 Å². The summed E-state index contributed by atoms with van der Waals surface area (Å²) in [6, 6.07) is 4.53. The van der Waals surface area contributed by atoms with Gasteiger partial charge in [-0.05, 0) is 44.8 Å². The number of hydrogen-bond acceptors (Lipinski definition) is 5. The standard InChI is InChI=1S/C14H23N3O4S/c1-11-9-12(5-6-13(11)21-4)22(19,20)16-10-14(18)15-7-8-17(2)3/h5-6,9,16H,7-8,10H2,1-4H3,(H,15,18). The molecule has 0 spiro atoms. The summed E-state index contributed by atoms with van der Waals surface area (Å²) in [5.41, 5.74) is 0.709. The molecule has 0 bridgehead atoms. The lowest BCUT2D eigenvalue weighted by atomic mass is 10.2. The Morgan fingerprint density at radius 2 is 2.00 bits per heavy atom. The van der Waals surface area contributed by atoms with Crippen LogP contribution in [0, 0.1) is 6.92 Å². The Labute approximate surface area is 131 Å². The highest BCUT2D eigenvalue weighted by molar-refractivity contribution is 7.89. The molecule has 0 radical (unpaired) electrons. The van der Waals surface area contributed by atoms with Crippen molar-refractivity contribution in [2.45, 2.75) is 11.8 Å². The maximum Gasteiger partial charge on any atom is 0.241 e. The third-order valence-corrected chi connectivity index (χ3v) is 4.38. The van der Waals surface area contributed by atoms with Crippen LogP contribution in [0.1, 0.15) is 5.56 Å². The minimum atomic E-state index is -3.72. The largest absolute Gasteiger partial charge is 0.496 e. The maximum absolute atomic E-state index is 12.1. The van der Waals surface area contributed by atoms with Crippen LogP contribution in [0.25, 0.3) is 0 Å². The highest BCUT2D eigenvalue weighted by Gasteiger charge is 2.16. The number of aryl methyl sites for hydroxylation is 1. The molecule has 0 aliphatic heterocycles. The van der Waals surface area contributed by atoms with Crippen LogP contribution < -0.4 is 14.8 Å². The van der Waals surface area contributed by atoms with Crippen LogP contribution in [0.2, 0.25) is 0 Å². The molecule has 7 nitrogen and oxygen atoms in total. The van der Waals surface area contributed by atoms with Crippen LogP contribution in [0.5, 0.6) is 5.75 Å². The lowest BCUT2D eigenvalue weighted by molar-refractivity contribution is -0.119. The van der Waals surface area contributed by atoms with E-state index in [0.29, 0.717) is 24.4 Å². The van der Waals surface area contributed by atoms with E-state index in [1.807, 2.05) is 19.0 Å². The average Bonchev–Trinajstić information content (AvgIpc) is 2.44. The number of hydrogen-bond donors (Lipinski definition) is 2. The van der Waals surface area contributed by atoms with Crippen molar-refractivity contribution in [3.63, 3.8) is 0 Å². The fraction of sp³-hybridized carbons (Fsp3) is 0.500. The first-order valence-electron chi connectivity index (χ1n) is 6.82. The highest BCUT2D eigenvalue weighted by atomic mass is 32.2. The molecule has 124 valence electrons. The first-order chi connectivity index (χ1) is 10.3. The fourth-order valence-electron chi connectivity index (χ4n) is 1.74. The van der Waals surface area contributed by atoms with Crippen LogP contribution >= 0.6 is 0 Å². The molecule has 0 aromatic heterocycles. The van der Waals surface area contributed by atoms with Crippen LogP contribution in [0.3, 0.4) is 0 Å².